The van der Waals surface area contributed by atoms with Crippen LogP contribution < -0.4 is 4.90 Å². The highest BCUT2D eigenvalue weighted by Crippen LogP contribution is 2.19. The minimum Gasteiger partial charge on any atom is -0.376 e. The molecule has 1 aliphatic rings. The van der Waals surface area contributed by atoms with Gasteiger partial charge in [0.2, 0.25) is 0 Å². The van der Waals surface area contributed by atoms with Crippen molar-refractivity contribution in [2.24, 2.45) is 0 Å². The molecule has 0 aliphatic carbocycles. The second-order valence-electron chi connectivity index (χ2n) is 5.07. The van der Waals surface area contributed by atoms with Crippen molar-refractivity contribution >= 4 is 11.5 Å². The summed E-state index contributed by atoms with van der Waals surface area (Å²) in [6.07, 6.45) is 5.99. The third kappa shape index (κ3) is 3.90. The van der Waals surface area contributed by atoms with Crippen LogP contribution in [0.2, 0.25) is 0 Å². The van der Waals surface area contributed by atoms with Crippen molar-refractivity contribution in [2.45, 2.75) is 38.7 Å². The molecular formula is C14H21N3O3. The Morgan fingerprint density at radius 1 is 1.50 bits per heavy atom. The molecule has 2 heterocycles. The molecule has 0 radical (unpaired) electrons. The Morgan fingerprint density at radius 2 is 2.35 bits per heavy atom. The van der Waals surface area contributed by atoms with Gasteiger partial charge >= 0.3 is 0 Å². The van der Waals surface area contributed by atoms with E-state index in [1.807, 2.05) is 0 Å². The van der Waals surface area contributed by atoms with Crippen LogP contribution in [0.15, 0.2) is 18.3 Å². The highest BCUT2D eigenvalue weighted by molar-refractivity contribution is 5.43. The minimum atomic E-state index is -0.425. The van der Waals surface area contributed by atoms with Gasteiger partial charge in [0.25, 0.3) is 5.69 Å². The van der Waals surface area contributed by atoms with Gasteiger partial charge in [0, 0.05) is 25.8 Å². The van der Waals surface area contributed by atoms with Crippen LogP contribution in [0, 0.1) is 10.1 Å². The summed E-state index contributed by atoms with van der Waals surface area (Å²) in [5, 5.41) is 10.7. The van der Waals surface area contributed by atoms with Crippen molar-refractivity contribution in [3.05, 3.63) is 28.4 Å². The maximum absolute atomic E-state index is 10.7. The van der Waals surface area contributed by atoms with Gasteiger partial charge in [-0.05, 0) is 31.7 Å². The minimum absolute atomic E-state index is 0.0270. The summed E-state index contributed by atoms with van der Waals surface area (Å²) >= 11 is 0. The van der Waals surface area contributed by atoms with Gasteiger partial charge < -0.3 is 9.64 Å². The van der Waals surface area contributed by atoms with Crippen LogP contribution in [0.25, 0.3) is 0 Å². The third-order valence-electron chi connectivity index (χ3n) is 3.46. The summed E-state index contributed by atoms with van der Waals surface area (Å²) in [7, 11) is 0. The molecule has 1 aromatic rings. The smallest absolute Gasteiger partial charge is 0.287 e. The molecule has 1 saturated heterocycles. The first-order chi connectivity index (χ1) is 9.70. The second kappa shape index (κ2) is 7.19. The number of nitrogens with zero attached hydrogens (tertiary/aromatic N) is 3. The number of ether oxygens (including phenoxy) is 1. The number of hydrogen-bond donors (Lipinski definition) is 0. The average molecular weight is 279 g/mol. The monoisotopic (exact) mass is 279 g/mol. The Balaban J connectivity index is 2.04. The summed E-state index contributed by atoms with van der Waals surface area (Å²) < 4.78 is 5.76. The summed E-state index contributed by atoms with van der Waals surface area (Å²) in [4.78, 5) is 16.6. The van der Waals surface area contributed by atoms with Crippen LogP contribution in [-0.2, 0) is 4.74 Å². The maximum Gasteiger partial charge on any atom is 0.287 e. The molecule has 2 rings (SSSR count). The number of rotatable bonds is 6. The van der Waals surface area contributed by atoms with E-state index in [2.05, 4.69) is 16.8 Å². The molecule has 20 heavy (non-hydrogen) atoms. The normalized spacial score (nSPS) is 18.8. The molecule has 1 aromatic heterocycles. The molecule has 0 spiro atoms. The first kappa shape index (κ1) is 14.7. The Kier molecular flexibility index (Phi) is 5.29. The van der Waals surface area contributed by atoms with Crippen LogP contribution in [0.5, 0.6) is 0 Å². The van der Waals surface area contributed by atoms with Crippen molar-refractivity contribution in [3.8, 4) is 0 Å². The van der Waals surface area contributed by atoms with E-state index in [4.69, 9.17) is 4.74 Å². The predicted molar refractivity (Wildman–Crippen MR) is 77.0 cm³/mol. The number of pyridine rings is 1. The van der Waals surface area contributed by atoms with Crippen molar-refractivity contribution in [1.82, 2.24) is 4.98 Å². The van der Waals surface area contributed by atoms with E-state index in [0.29, 0.717) is 0 Å². The van der Waals surface area contributed by atoms with Gasteiger partial charge in [-0.3, -0.25) is 10.1 Å². The van der Waals surface area contributed by atoms with Crippen molar-refractivity contribution in [1.29, 1.82) is 0 Å². The number of nitro groups is 1. The van der Waals surface area contributed by atoms with E-state index in [1.165, 1.54) is 18.7 Å². The maximum atomic E-state index is 10.7. The summed E-state index contributed by atoms with van der Waals surface area (Å²) in [6.45, 7) is 4.63. The molecule has 6 nitrogen and oxygen atoms in total. The fraction of sp³-hybridized carbons (Fsp3) is 0.643. The topological polar surface area (TPSA) is 68.5 Å². The number of anilines is 1. The van der Waals surface area contributed by atoms with E-state index in [1.54, 1.807) is 6.07 Å². The highest BCUT2D eigenvalue weighted by Gasteiger charge is 2.19. The van der Waals surface area contributed by atoms with E-state index < -0.39 is 4.92 Å². The molecular weight excluding hydrogens is 258 g/mol. The molecule has 6 heteroatoms. The van der Waals surface area contributed by atoms with E-state index in [0.717, 1.165) is 44.8 Å². The lowest BCUT2D eigenvalue weighted by molar-refractivity contribution is -0.385. The Morgan fingerprint density at radius 3 is 2.90 bits per heavy atom. The van der Waals surface area contributed by atoms with Crippen LogP contribution >= 0.6 is 0 Å². The lowest BCUT2D eigenvalue weighted by Crippen LogP contribution is -2.36. The zero-order chi connectivity index (χ0) is 14.4. The SMILES string of the molecule is CCCN(CC1CCCCO1)c1ccc([N+](=O)[O-])cn1. The largest absolute Gasteiger partial charge is 0.376 e. The zero-order valence-corrected chi connectivity index (χ0v) is 11.8. The van der Waals surface area contributed by atoms with Crippen LogP contribution in [0.4, 0.5) is 11.5 Å². The Labute approximate surface area is 118 Å². The third-order valence-corrected chi connectivity index (χ3v) is 3.46. The molecule has 0 aromatic carbocycles. The van der Waals surface area contributed by atoms with Gasteiger partial charge in [-0.15, -0.1) is 0 Å². The number of hydrogen-bond acceptors (Lipinski definition) is 5. The van der Waals surface area contributed by atoms with Crippen LogP contribution in [-0.4, -0.2) is 35.7 Å². The average Bonchev–Trinajstić information content (AvgIpc) is 2.48. The quantitative estimate of drug-likeness (QED) is 0.591. The van der Waals surface area contributed by atoms with Gasteiger partial charge in [-0.2, -0.15) is 0 Å². The van der Waals surface area contributed by atoms with Crippen molar-refractivity contribution < 1.29 is 9.66 Å². The fourth-order valence-electron chi connectivity index (χ4n) is 2.44. The molecule has 1 atom stereocenters. The molecule has 1 aliphatic heterocycles. The lowest BCUT2D eigenvalue weighted by Gasteiger charge is -2.30. The standard InChI is InChI=1S/C14H21N3O3/c1-2-8-16(11-13-5-3-4-9-20-13)14-7-6-12(10-15-14)17(18)19/h6-7,10,13H,2-5,8-9,11H2,1H3. The zero-order valence-electron chi connectivity index (χ0n) is 11.8. The lowest BCUT2D eigenvalue weighted by atomic mass is 10.1. The van der Waals surface area contributed by atoms with E-state index >= 15 is 0 Å². The molecule has 0 saturated carbocycles. The molecule has 1 fully saturated rings. The molecule has 0 N–H and O–H groups in total. The Hall–Kier alpha value is -1.69. The van der Waals surface area contributed by atoms with Crippen molar-refractivity contribution in [3.63, 3.8) is 0 Å². The van der Waals surface area contributed by atoms with Crippen LogP contribution in [0.3, 0.4) is 0 Å². The molecule has 110 valence electrons. The predicted octanol–water partition coefficient (Wildman–Crippen LogP) is 2.78. The molecule has 1 unspecified atom stereocenters. The van der Waals surface area contributed by atoms with Gasteiger partial charge in [0.05, 0.1) is 11.0 Å². The highest BCUT2D eigenvalue weighted by atomic mass is 16.6. The molecule has 0 amide bonds. The van der Waals surface area contributed by atoms with Gasteiger partial charge in [0.15, 0.2) is 0 Å². The summed E-state index contributed by atoms with van der Waals surface area (Å²) in [6, 6.07) is 3.23. The van der Waals surface area contributed by atoms with Gasteiger partial charge in [0.1, 0.15) is 12.0 Å². The van der Waals surface area contributed by atoms with E-state index in [9.17, 15) is 10.1 Å². The first-order valence-corrected chi connectivity index (χ1v) is 7.17. The van der Waals surface area contributed by atoms with Crippen LogP contribution in [0.1, 0.15) is 32.6 Å². The number of aromatic nitrogens is 1. The first-order valence-electron chi connectivity index (χ1n) is 7.17. The van der Waals surface area contributed by atoms with Gasteiger partial charge in [-0.25, -0.2) is 4.98 Å². The summed E-state index contributed by atoms with van der Waals surface area (Å²) in [5.41, 5.74) is 0.0270. The van der Waals surface area contributed by atoms with Crippen molar-refractivity contribution in [2.75, 3.05) is 24.6 Å². The second-order valence-corrected chi connectivity index (χ2v) is 5.07. The molecule has 0 bridgehead atoms. The summed E-state index contributed by atoms with van der Waals surface area (Å²) in [5.74, 6) is 0.784. The van der Waals surface area contributed by atoms with Gasteiger partial charge in [-0.1, -0.05) is 6.92 Å². The van der Waals surface area contributed by atoms with E-state index in [-0.39, 0.29) is 11.8 Å². The Bertz CT molecular complexity index is 430. The fourth-order valence-corrected chi connectivity index (χ4v) is 2.44.